The second-order valence-electron chi connectivity index (χ2n) is 16.4. The molecular weight excluding hydrogens is 676 g/mol. The number of hydrogen-bond donors (Lipinski definition) is 2. The molecule has 0 radical (unpaired) electrons. The lowest BCUT2D eigenvalue weighted by atomic mass is 9.40. The third-order valence-electron chi connectivity index (χ3n) is 13.2. The molecule has 4 fully saturated rings. The Morgan fingerprint density at radius 1 is 1.06 bits per heavy atom. The van der Waals surface area contributed by atoms with Gasteiger partial charge in [-0.2, -0.15) is 0 Å². The van der Waals surface area contributed by atoms with Gasteiger partial charge >= 0.3 is 29.8 Å². The maximum absolute atomic E-state index is 14.0. The van der Waals surface area contributed by atoms with Crippen LogP contribution in [0.3, 0.4) is 0 Å². The summed E-state index contributed by atoms with van der Waals surface area (Å²) >= 11 is 0. The first-order valence-corrected chi connectivity index (χ1v) is 17.9. The van der Waals surface area contributed by atoms with E-state index in [1.165, 1.54) is 19.6 Å². The molecule has 13 heteroatoms. The van der Waals surface area contributed by atoms with Crippen LogP contribution in [0, 0.1) is 34.0 Å². The normalized spacial score (nSPS) is 40.5. The van der Waals surface area contributed by atoms with E-state index in [1.807, 2.05) is 20.8 Å². The fraction of sp³-hybridized carbons (Fsp3) is 0.667. The van der Waals surface area contributed by atoms with E-state index in [1.54, 1.807) is 39.8 Å². The molecule has 1 aromatic rings. The van der Waals surface area contributed by atoms with Crippen LogP contribution in [0.2, 0.25) is 0 Å². The summed E-state index contributed by atoms with van der Waals surface area (Å²) in [6.07, 6.45) is -0.953. The first-order valence-electron chi connectivity index (χ1n) is 17.9. The molecule has 52 heavy (non-hydrogen) atoms. The monoisotopic (exact) mass is 726 g/mol. The van der Waals surface area contributed by atoms with Gasteiger partial charge < -0.3 is 38.3 Å². The van der Waals surface area contributed by atoms with E-state index in [4.69, 9.17) is 28.1 Å². The molecule has 284 valence electrons. The lowest BCUT2D eigenvalue weighted by Gasteiger charge is -2.68. The van der Waals surface area contributed by atoms with Crippen LogP contribution in [-0.4, -0.2) is 76.7 Å². The molecule has 11 atom stereocenters. The summed E-state index contributed by atoms with van der Waals surface area (Å²) in [6.45, 7) is 13.4. The molecule has 1 unspecified atom stereocenters. The van der Waals surface area contributed by atoms with E-state index >= 15 is 0 Å². The number of aliphatic hydroxyl groups is 2. The first-order chi connectivity index (χ1) is 24.3. The number of rotatable bonds is 9. The fourth-order valence-electron chi connectivity index (χ4n) is 10.9. The van der Waals surface area contributed by atoms with Crippen molar-refractivity contribution in [3.63, 3.8) is 0 Å². The quantitative estimate of drug-likeness (QED) is 0.158. The van der Waals surface area contributed by atoms with Gasteiger partial charge in [-0.1, -0.05) is 40.7 Å². The molecule has 5 aliphatic rings. The maximum Gasteiger partial charge on any atom is 0.352 e. The topological polar surface area (TPSA) is 185 Å². The molecule has 0 aromatic carbocycles. The van der Waals surface area contributed by atoms with Crippen molar-refractivity contribution in [1.82, 2.24) is 0 Å². The molecule has 1 saturated heterocycles. The molecule has 13 nitrogen and oxygen atoms in total. The van der Waals surface area contributed by atoms with Crippen LogP contribution >= 0.6 is 0 Å². The van der Waals surface area contributed by atoms with E-state index in [-0.39, 0.29) is 41.9 Å². The predicted molar refractivity (Wildman–Crippen MR) is 180 cm³/mol. The lowest BCUT2D eigenvalue weighted by molar-refractivity contribution is -0.316. The smallest absolute Gasteiger partial charge is 0.352 e. The molecule has 3 saturated carbocycles. The molecule has 2 N–H and O–H groups in total. The summed E-state index contributed by atoms with van der Waals surface area (Å²) in [5.74, 6) is -5.31. The molecule has 4 aliphatic carbocycles. The van der Waals surface area contributed by atoms with Gasteiger partial charge in [-0.05, 0) is 68.1 Å². The SMILES string of the molecule is C/C=C(\C)C(=O)O[C@H]1[C@]2(C)C[C@@]3(O)[C@]1(O)[C@@H](OC(=O)CC(C)C)C1=C4[C@@H](OC(C)=O)C(=O)O[C@@H](c5ccoc5)[C@]4(C)CCC1[C@@]3(C)[C@H]2CC(=O)OC. The molecule has 0 amide bonds. The Kier molecular flexibility index (Phi) is 9.13. The van der Waals surface area contributed by atoms with Crippen molar-refractivity contribution >= 4 is 29.8 Å². The van der Waals surface area contributed by atoms with Crippen molar-refractivity contribution in [2.75, 3.05) is 7.11 Å². The van der Waals surface area contributed by atoms with Gasteiger partial charge in [0.05, 0.1) is 19.6 Å². The van der Waals surface area contributed by atoms with Crippen LogP contribution in [0.4, 0.5) is 0 Å². The Bertz CT molecular complexity index is 1740. The Hall–Kier alpha value is -3.97. The molecule has 1 aliphatic heterocycles. The van der Waals surface area contributed by atoms with Crippen molar-refractivity contribution in [2.45, 2.75) is 123 Å². The number of furan rings is 1. The van der Waals surface area contributed by atoms with Gasteiger partial charge in [0.25, 0.3) is 0 Å². The number of fused-ring (bicyclic) bond motifs is 4. The Morgan fingerprint density at radius 2 is 1.75 bits per heavy atom. The highest BCUT2D eigenvalue weighted by atomic mass is 16.6. The highest BCUT2D eigenvalue weighted by Crippen LogP contribution is 2.81. The minimum absolute atomic E-state index is 0.0513. The number of hydrogen-bond acceptors (Lipinski definition) is 13. The van der Waals surface area contributed by atoms with Gasteiger partial charge in [0.2, 0.25) is 6.10 Å². The van der Waals surface area contributed by atoms with Gasteiger partial charge in [-0.3, -0.25) is 14.4 Å². The number of carbonyl (C=O) groups is 5. The van der Waals surface area contributed by atoms with Crippen molar-refractivity contribution in [3.05, 3.63) is 47.0 Å². The van der Waals surface area contributed by atoms with Crippen molar-refractivity contribution < 1.29 is 62.3 Å². The second-order valence-corrected chi connectivity index (χ2v) is 16.4. The summed E-state index contributed by atoms with van der Waals surface area (Å²) in [5, 5.41) is 26.8. The Labute approximate surface area is 303 Å². The van der Waals surface area contributed by atoms with Crippen molar-refractivity contribution in [1.29, 1.82) is 0 Å². The third kappa shape index (κ3) is 4.97. The maximum atomic E-state index is 14.0. The fourth-order valence-corrected chi connectivity index (χ4v) is 10.9. The van der Waals surface area contributed by atoms with E-state index < -0.39 is 93.5 Å². The van der Waals surface area contributed by atoms with Gasteiger partial charge in [0.15, 0.2) is 11.7 Å². The van der Waals surface area contributed by atoms with Crippen LogP contribution < -0.4 is 0 Å². The Balaban J connectivity index is 1.71. The molecule has 2 heterocycles. The summed E-state index contributed by atoms with van der Waals surface area (Å²) in [7, 11) is 1.26. The average molecular weight is 727 g/mol. The zero-order valence-electron chi connectivity index (χ0n) is 31.3. The summed E-state index contributed by atoms with van der Waals surface area (Å²) in [5.41, 5.74) is -6.95. The molecule has 2 bridgehead atoms. The summed E-state index contributed by atoms with van der Waals surface area (Å²) in [4.78, 5) is 67.4. The van der Waals surface area contributed by atoms with E-state index in [0.29, 0.717) is 18.4 Å². The number of cyclic esters (lactones) is 1. The second kappa shape index (κ2) is 12.6. The van der Waals surface area contributed by atoms with Gasteiger partial charge in [-0.15, -0.1) is 0 Å². The van der Waals surface area contributed by atoms with Gasteiger partial charge in [0.1, 0.15) is 17.8 Å². The number of methoxy groups -OCH3 is 1. The minimum atomic E-state index is -2.50. The number of ether oxygens (including phenoxy) is 5. The highest BCUT2D eigenvalue weighted by molar-refractivity contribution is 5.88. The molecule has 6 rings (SSSR count). The third-order valence-corrected chi connectivity index (χ3v) is 13.2. The van der Waals surface area contributed by atoms with Crippen LogP contribution in [0.15, 0.2) is 45.8 Å². The first kappa shape index (κ1) is 37.8. The highest BCUT2D eigenvalue weighted by Gasteiger charge is 2.90. The largest absolute Gasteiger partial charge is 0.472 e. The summed E-state index contributed by atoms with van der Waals surface area (Å²) in [6, 6.07) is 1.66. The van der Waals surface area contributed by atoms with Gasteiger partial charge in [0, 0.05) is 47.1 Å². The van der Waals surface area contributed by atoms with Crippen LogP contribution in [-0.2, 0) is 47.7 Å². The Morgan fingerprint density at radius 3 is 2.33 bits per heavy atom. The van der Waals surface area contributed by atoms with E-state index in [9.17, 15) is 34.2 Å². The van der Waals surface area contributed by atoms with E-state index in [0.717, 1.165) is 6.92 Å². The minimum Gasteiger partial charge on any atom is -0.472 e. The predicted octanol–water partition coefficient (Wildman–Crippen LogP) is 4.44. The standard InChI is InChI=1S/C39H50O13/c1-10-20(4)32(43)52-34-36(7)18-38(45)37(8,24(36)16-25(41)47-9)23-11-13-35(6)28(27(23)31(39(34,38)46)50-26(42)15-19(2)3)29(49-21(5)40)33(44)51-30(35)22-12-14-48-17-22/h10,12,14,17,19,23-24,29-31,34,45-46H,11,13,15-16,18H2,1-9H3/b20-10+/t23?,24-,29+,30-,31-,34-,35+,36+,37-,38-,39-/m0/s1. The van der Waals surface area contributed by atoms with Crippen LogP contribution in [0.5, 0.6) is 0 Å². The zero-order valence-corrected chi connectivity index (χ0v) is 31.3. The van der Waals surface area contributed by atoms with Crippen molar-refractivity contribution in [3.8, 4) is 0 Å². The lowest BCUT2D eigenvalue weighted by Crippen LogP contribution is -2.80. The number of allylic oxidation sites excluding steroid dienone is 1. The molecular formula is C39H50O13. The zero-order chi connectivity index (χ0) is 38.3. The molecule has 1 aromatic heterocycles. The number of esters is 5. The summed E-state index contributed by atoms with van der Waals surface area (Å²) < 4.78 is 34.8. The van der Waals surface area contributed by atoms with Crippen LogP contribution in [0.25, 0.3) is 0 Å². The molecule has 0 spiro atoms. The van der Waals surface area contributed by atoms with Gasteiger partial charge in [-0.25, -0.2) is 9.59 Å². The van der Waals surface area contributed by atoms with Crippen molar-refractivity contribution in [2.24, 2.45) is 34.0 Å². The average Bonchev–Trinajstić information content (AvgIpc) is 3.71. The van der Waals surface area contributed by atoms with Crippen LogP contribution in [0.1, 0.15) is 99.2 Å². The number of carbonyl (C=O) groups excluding carboxylic acids is 5. The van der Waals surface area contributed by atoms with E-state index in [2.05, 4.69) is 0 Å².